The number of benzene rings is 3. The zero-order valence-corrected chi connectivity index (χ0v) is 21.6. The van der Waals surface area contributed by atoms with Crippen molar-refractivity contribution in [1.29, 1.82) is 0 Å². The Hall–Kier alpha value is -3.35. The van der Waals surface area contributed by atoms with Gasteiger partial charge in [-0.15, -0.1) is 0 Å². The Bertz CT molecular complexity index is 1490. The first-order valence-corrected chi connectivity index (χ1v) is 12.5. The number of azo groups is 1. The van der Waals surface area contributed by atoms with E-state index < -0.39 is 5.60 Å². The van der Waals surface area contributed by atoms with Crippen LogP contribution in [0, 0.1) is 12.8 Å². The van der Waals surface area contributed by atoms with Gasteiger partial charge in [-0.3, -0.25) is 0 Å². The fraction of sp³-hybridized carbons (Fsp3) is 0.250. The standard InChI is InChI=1S/C28H24Cl2N4O2/c1-16-25-26-20-14-19(32-31-18-10-8-17(29)9-11-18)12-13-24(20)35-15-21(26)28(2,3)36-27(25)34(33-16)23-7-5-4-6-22(23)30/h4-14,21,26H,15H2,1-3H3/t21-,26+/m1/s1. The summed E-state index contributed by atoms with van der Waals surface area (Å²) in [6.45, 7) is 6.77. The molecule has 0 radical (unpaired) electrons. The number of fused-ring (bicyclic) bond motifs is 5. The van der Waals surface area contributed by atoms with Crippen LogP contribution in [0.15, 0.2) is 77.0 Å². The molecule has 1 aromatic heterocycles. The van der Waals surface area contributed by atoms with Gasteiger partial charge in [0.15, 0.2) is 0 Å². The molecule has 182 valence electrons. The van der Waals surface area contributed by atoms with E-state index in [-0.39, 0.29) is 11.8 Å². The molecule has 3 heterocycles. The molecule has 2 aliphatic heterocycles. The van der Waals surface area contributed by atoms with E-state index in [1.54, 1.807) is 12.1 Å². The molecule has 0 N–H and O–H groups in total. The molecule has 0 aliphatic carbocycles. The molecule has 4 aromatic rings. The average molecular weight is 519 g/mol. The number of halogens is 2. The van der Waals surface area contributed by atoms with E-state index in [1.807, 2.05) is 60.1 Å². The van der Waals surface area contributed by atoms with Crippen molar-refractivity contribution in [1.82, 2.24) is 9.78 Å². The third-order valence-corrected chi connectivity index (χ3v) is 7.54. The highest BCUT2D eigenvalue weighted by Gasteiger charge is 2.50. The van der Waals surface area contributed by atoms with Crippen molar-refractivity contribution in [2.24, 2.45) is 16.1 Å². The number of hydrogen-bond donors (Lipinski definition) is 0. The number of ether oxygens (including phenoxy) is 2. The lowest BCUT2D eigenvalue weighted by molar-refractivity contribution is -0.0186. The van der Waals surface area contributed by atoms with E-state index in [1.165, 1.54) is 0 Å². The van der Waals surface area contributed by atoms with Crippen LogP contribution in [0.5, 0.6) is 11.6 Å². The molecule has 8 heteroatoms. The van der Waals surface area contributed by atoms with Gasteiger partial charge in [-0.2, -0.15) is 20.0 Å². The van der Waals surface area contributed by atoms with Gasteiger partial charge < -0.3 is 9.47 Å². The minimum Gasteiger partial charge on any atom is -0.493 e. The Labute approximate surface area is 219 Å². The summed E-state index contributed by atoms with van der Waals surface area (Å²) in [7, 11) is 0. The van der Waals surface area contributed by atoms with Crippen LogP contribution in [0.3, 0.4) is 0 Å². The highest BCUT2D eigenvalue weighted by atomic mass is 35.5. The van der Waals surface area contributed by atoms with Crippen LogP contribution in [0.25, 0.3) is 5.69 Å². The normalized spacial score (nSPS) is 19.7. The van der Waals surface area contributed by atoms with Gasteiger partial charge in [0.2, 0.25) is 5.88 Å². The Kier molecular flexibility index (Phi) is 5.54. The van der Waals surface area contributed by atoms with Crippen molar-refractivity contribution in [3.63, 3.8) is 0 Å². The third kappa shape index (κ3) is 3.85. The van der Waals surface area contributed by atoms with E-state index in [2.05, 4.69) is 30.1 Å². The van der Waals surface area contributed by atoms with Crippen molar-refractivity contribution in [2.75, 3.05) is 6.61 Å². The molecule has 2 atom stereocenters. The fourth-order valence-corrected chi connectivity index (χ4v) is 5.47. The average Bonchev–Trinajstić information content (AvgIpc) is 3.18. The molecule has 0 bridgehead atoms. The molecule has 6 rings (SSSR count). The highest BCUT2D eigenvalue weighted by molar-refractivity contribution is 6.32. The maximum absolute atomic E-state index is 6.62. The van der Waals surface area contributed by atoms with E-state index in [0.717, 1.165) is 39.6 Å². The summed E-state index contributed by atoms with van der Waals surface area (Å²) in [6.07, 6.45) is 0. The minimum absolute atomic E-state index is 0.0226. The highest BCUT2D eigenvalue weighted by Crippen LogP contribution is 2.54. The maximum Gasteiger partial charge on any atom is 0.221 e. The molecule has 0 unspecified atom stereocenters. The summed E-state index contributed by atoms with van der Waals surface area (Å²) in [5.74, 6) is 1.67. The molecular weight excluding hydrogens is 495 g/mol. The summed E-state index contributed by atoms with van der Waals surface area (Å²) in [6, 6.07) is 20.9. The molecule has 6 nitrogen and oxygen atoms in total. The SMILES string of the molecule is Cc1nn(-c2ccccc2Cl)c2c1[C@H]1c3cc(N=Nc4ccc(Cl)cc4)ccc3OC[C@H]1C(C)(C)O2. The van der Waals surface area contributed by atoms with Crippen molar-refractivity contribution < 1.29 is 9.47 Å². The first-order chi connectivity index (χ1) is 17.3. The zero-order chi connectivity index (χ0) is 25.0. The largest absolute Gasteiger partial charge is 0.493 e. The van der Waals surface area contributed by atoms with E-state index in [4.69, 9.17) is 37.8 Å². The molecule has 0 saturated heterocycles. The first-order valence-electron chi connectivity index (χ1n) is 11.8. The number of hydrogen-bond acceptors (Lipinski definition) is 5. The monoisotopic (exact) mass is 518 g/mol. The lowest BCUT2D eigenvalue weighted by Crippen LogP contribution is -2.49. The lowest BCUT2D eigenvalue weighted by atomic mass is 9.70. The third-order valence-electron chi connectivity index (χ3n) is 6.96. The van der Waals surface area contributed by atoms with Crippen LogP contribution < -0.4 is 9.47 Å². The van der Waals surface area contributed by atoms with E-state index in [0.29, 0.717) is 22.5 Å². The van der Waals surface area contributed by atoms with Gasteiger partial charge in [-0.05, 0) is 75.4 Å². The van der Waals surface area contributed by atoms with Crippen molar-refractivity contribution in [3.8, 4) is 17.3 Å². The van der Waals surface area contributed by atoms with E-state index >= 15 is 0 Å². The molecular formula is C28H24Cl2N4O2. The fourth-order valence-electron chi connectivity index (χ4n) is 5.13. The van der Waals surface area contributed by atoms with Gasteiger partial charge in [-0.1, -0.05) is 35.3 Å². The summed E-state index contributed by atoms with van der Waals surface area (Å²) in [4.78, 5) is 0. The molecule has 36 heavy (non-hydrogen) atoms. The molecule has 0 fully saturated rings. The van der Waals surface area contributed by atoms with E-state index in [9.17, 15) is 0 Å². The van der Waals surface area contributed by atoms with Gasteiger partial charge in [0.25, 0.3) is 0 Å². The first kappa shape index (κ1) is 23.1. The second-order valence-corrected chi connectivity index (χ2v) is 10.5. The summed E-state index contributed by atoms with van der Waals surface area (Å²) in [5, 5.41) is 15.0. The van der Waals surface area contributed by atoms with Gasteiger partial charge in [0, 0.05) is 28.0 Å². The van der Waals surface area contributed by atoms with Crippen molar-refractivity contribution in [3.05, 3.63) is 93.6 Å². The second kappa shape index (κ2) is 8.64. The number of aryl methyl sites for hydroxylation is 1. The summed E-state index contributed by atoms with van der Waals surface area (Å²) < 4.78 is 14.7. The Morgan fingerprint density at radius 2 is 1.69 bits per heavy atom. The molecule has 0 spiro atoms. The molecule has 3 aromatic carbocycles. The van der Waals surface area contributed by atoms with Gasteiger partial charge in [-0.25, -0.2) is 0 Å². The van der Waals surface area contributed by atoms with Gasteiger partial charge in [0.1, 0.15) is 11.4 Å². The Morgan fingerprint density at radius 1 is 0.972 bits per heavy atom. The van der Waals surface area contributed by atoms with Crippen LogP contribution in [-0.4, -0.2) is 22.0 Å². The quantitative estimate of drug-likeness (QED) is 0.256. The predicted octanol–water partition coefficient (Wildman–Crippen LogP) is 8.21. The molecule has 0 saturated carbocycles. The number of nitrogens with zero attached hydrogens (tertiary/aromatic N) is 4. The van der Waals surface area contributed by atoms with Crippen LogP contribution in [-0.2, 0) is 0 Å². The minimum atomic E-state index is -0.498. The number of rotatable bonds is 3. The second-order valence-electron chi connectivity index (χ2n) is 9.67. The predicted molar refractivity (Wildman–Crippen MR) is 141 cm³/mol. The van der Waals surface area contributed by atoms with Crippen molar-refractivity contribution >= 4 is 34.6 Å². The van der Waals surface area contributed by atoms with Gasteiger partial charge in [0.05, 0.1) is 34.4 Å². The molecule has 0 amide bonds. The Balaban J connectivity index is 1.47. The van der Waals surface area contributed by atoms with Crippen LogP contribution >= 0.6 is 23.2 Å². The van der Waals surface area contributed by atoms with Crippen LogP contribution in [0.2, 0.25) is 10.0 Å². The zero-order valence-electron chi connectivity index (χ0n) is 20.1. The number of para-hydroxylation sites is 1. The lowest BCUT2D eigenvalue weighted by Gasteiger charge is -2.46. The molecule has 2 aliphatic rings. The summed E-state index contributed by atoms with van der Waals surface area (Å²) in [5.41, 5.74) is 4.77. The van der Waals surface area contributed by atoms with Gasteiger partial charge >= 0.3 is 0 Å². The van der Waals surface area contributed by atoms with Crippen LogP contribution in [0.4, 0.5) is 11.4 Å². The van der Waals surface area contributed by atoms with Crippen LogP contribution in [0.1, 0.15) is 36.6 Å². The summed E-state index contributed by atoms with van der Waals surface area (Å²) >= 11 is 12.5. The maximum atomic E-state index is 6.62. The topological polar surface area (TPSA) is 61.0 Å². The van der Waals surface area contributed by atoms with Crippen molar-refractivity contribution in [2.45, 2.75) is 32.3 Å². The Morgan fingerprint density at radius 3 is 2.47 bits per heavy atom. The smallest absolute Gasteiger partial charge is 0.221 e. The number of aromatic nitrogens is 2.